The second kappa shape index (κ2) is 9.30. The fourth-order valence-corrected chi connectivity index (χ4v) is 5.66. The van der Waals surface area contributed by atoms with Crippen LogP contribution < -0.4 is 0 Å². The molecule has 0 radical (unpaired) electrons. The first-order valence-electron chi connectivity index (χ1n) is 9.97. The normalized spacial score (nSPS) is 15.8. The number of hydrogen-bond acceptors (Lipinski definition) is 5. The van der Waals surface area contributed by atoms with Crippen molar-refractivity contribution in [2.24, 2.45) is 7.05 Å². The molecular formula is C22H22BrFN2O5S. The number of benzene rings is 2. The van der Waals surface area contributed by atoms with Gasteiger partial charge in [-0.2, -0.15) is 0 Å². The van der Waals surface area contributed by atoms with Crippen LogP contribution in [0.15, 0.2) is 39.7 Å². The summed E-state index contributed by atoms with van der Waals surface area (Å²) in [4.78, 5) is 14.9. The smallest absolute Gasteiger partial charge is 0.338 e. The zero-order valence-electron chi connectivity index (χ0n) is 17.3. The highest BCUT2D eigenvalue weighted by molar-refractivity contribution is 9.10. The minimum absolute atomic E-state index is 0.0108. The van der Waals surface area contributed by atoms with Gasteiger partial charge in [-0.15, -0.1) is 0 Å². The number of ether oxygens (including phenoxy) is 1. The standard InChI is InChI=1S/C22H22BrFN2O5S/c1-25-17-10-16(23)21(27)15(11-26-6-8-31-9-7-26)19(17)20(22(28)29)18(25)12-32(30)14-4-2-13(24)3-5-14/h2-5,10,27H,6-9,11-12H2,1H3,(H,28,29). The number of morpholine rings is 1. The Morgan fingerprint density at radius 2 is 1.91 bits per heavy atom. The quantitative estimate of drug-likeness (QED) is 0.511. The molecular weight excluding hydrogens is 503 g/mol. The van der Waals surface area contributed by atoms with Crippen molar-refractivity contribution >= 4 is 43.6 Å². The number of rotatable bonds is 6. The number of carboxylic acids is 1. The van der Waals surface area contributed by atoms with Gasteiger partial charge in [-0.25, -0.2) is 9.18 Å². The molecule has 32 heavy (non-hydrogen) atoms. The molecule has 3 aromatic rings. The Kier molecular flexibility index (Phi) is 6.66. The van der Waals surface area contributed by atoms with Gasteiger partial charge in [0.25, 0.3) is 0 Å². The minimum atomic E-state index is -1.58. The Morgan fingerprint density at radius 3 is 2.53 bits per heavy atom. The van der Waals surface area contributed by atoms with Crippen LogP contribution in [0, 0.1) is 5.82 Å². The van der Waals surface area contributed by atoms with Gasteiger partial charge in [0, 0.05) is 48.2 Å². The molecule has 0 amide bonds. The van der Waals surface area contributed by atoms with E-state index in [1.165, 1.54) is 24.3 Å². The zero-order chi connectivity index (χ0) is 23.0. The first kappa shape index (κ1) is 22.9. The van der Waals surface area contributed by atoms with Gasteiger partial charge in [0.05, 0.1) is 45.3 Å². The number of aromatic nitrogens is 1. The predicted octanol–water partition coefficient (Wildman–Crippen LogP) is 3.62. The highest BCUT2D eigenvalue weighted by Crippen LogP contribution is 2.40. The minimum Gasteiger partial charge on any atom is -0.506 e. The van der Waals surface area contributed by atoms with Crippen LogP contribution in [0.3, 0.4) is 0 Å². The lowest BCUT2D eigenvalue weighted by Gasteiger charge is -2.27. The monoisotopic (exact) mass is 524 g/mol. The molecule has 7 nitrogen and oxygen atoms in total. The number of hydrogen-bond donors (Lipinski definition) is 2. The third-order valence-corrected chi connectivity index (χ3v) is 7.62. The molecule has 1 unspecified atom stereocenters. The third-order valence-electron chi connectivity index (χ3n) is 5.68. The topological polar surface area (TPSA) is 92.0 Å². The molecule has 0 aliphatic carbocycles. The van der Waals surface area contributed by atoms with E-state index >= 15 is 0 Å². The Labute approximate surface area is 195 Å². The maximum atomic E-state index is 13.2. The number of aromatic hydroxyl groups is 1. The molecule has 1 atom stereocenters. The predicted molar refractivity (Wildman–Crippen MR) is 122 cm³/mol. The van der Waals surface area contributed by atoms with Crippen LogP contribution in [0.1, 0.15) is 21.6 Å². The lowest BCUT2D eigenvalue weighted by atomic mass is 10.0. The Bertz CT molecular complexity index is 1210. The summed E-state index contributed by atoms with van der Waals surface area (Å²) in [7, 11) is 0.134. The van der Waals surface area contributed by atoms with Gasteiger partial charge in [0.2, 0.25) is 0 Å². The molecule has 1 aliphatic rings. The van der Waals surface area contributed by atoms with Gasteiger partial charge in [0.1, 0.15) is 11.6 Å². The van der Waals surface area contributed by atoms with Gasteiger partial charge in [-0.3, -0.25) is 9.11 Å². The fraction of sp³-hybridized carbons (Fsp3) is 0.318. The van der Waals surface area contributed by atoms with Gasteiger partial charge >= 0.3 is 5.97 Å². The number of halogens is 2. The van der Waals surface area contributed by atoms with Crippen molar-refractivity contribution in [3.05, 3.63) is 57.4 Å². The molecule has 0 bridgehead atoms. The van der Waals surface area contributed by atoms with E-state index in [4.69, 9.17) is 4.74 Å². The van der Waals surface area contributed by atoms with E-state index < -0.39 is 22.6 Å². The summed E-state index contributed by atoms with van der Waals surface area (Å²) >= 11 is 3.38. The van der Waals surface area contributed by atoms with Crippen LogP contribution in [-0.2, 0) is 34.9 Å². The first-order valence-corrected chi connectivity index (χ1v) is 12.1. The second-order valence-electron chi connectivity index (χ2n) is 7.60. The number of fused-ring (bicyclic) bond motifs is 1. The molecule has 2 N–H and O–H groups in total. The van der Waals surface area contributed by atoms with E-state index in [9.17, 15) is 23.6 Å². The maximum absolute atomic E-state index is 13.2. The van der Waals surface area contributed by atoms with E-state index in [2.05, 4.69) is 20.8 Å². The van der Waals surface area contributed by atoms with Crippen LogP contribution in [-0.4, -0.2) is 56.2 Å². The summed E-state index contributed by atoms with van der Waals surface area (Å²) in [5.41, 5.74) is 1.50. The first-order chi connectivity index (χ1) is 15.3. The second-order valence-corrected chi connectivity index (χ2v) is 9.90. The molecule has 1 fully saturated rings. The molecule has 1 aliphatic heterocycles. The van der Waals surface area contributed by atoms with E-state index in [0.29, 0.717) is 64.4 Å². The number of aromatic carboxylic acids is 1. The van der Waals surface area contributed by atoms with Gasteiger partial charge in [-0.1, -0.05) is 0 Å². The number of aryl methyl sites for hydroxylation is 1. The molecule has 0 spiro atoms. The van der Waals surface area contributed by atoms with Crippen molar-refractivity contribution < 1.29 is 28.3 Å². The van der Waals surface area contributed by atoms with Crippen molar-refractivity contribution in [1.82, 2.24) is 9.47 Å². The van der Waals surface area contributed by atoms with Crippen LogP contribution in [0.5, 0.6) is 5.75 Å². The summed E-state index contributed by atoms with van der Waals surface area (Å²) in [6, 6.07) is 6.98. The summed E-state index contributed by atoms with van der Waals surface area (Å²) in [5.74, 6) is -1.67. The molecule has 0 saturated carbocycles. The number of carbonyl (C=O) groups is 1. The van der Waals surface area contributed by atoms with E-state index in [0.717, 1.165) is 0 Å². The molecule has 10 heteroatoms. The van der Waals surface area contributed by atoms with Crippen LogP contribution in [0.2, 0.25) is 0 Å². The van der Waals surface area contributed by atoms with Crippen LogP contribution in [0.25, 0.3) is 10.9 Å². The van der Waals surface area contributed by atoms with Crippen LogP contribution >= 0.6 is 15.9 Å². The lowest BCUT2D eigenvalue weighted by molar-refractivity contribution is 0.0340. The molecule has 1 saturated heterocycles. The number of nitrogens with zero attached hydrogens (tertiary/aromatic N) is 2. The number of carboxylic acid groups (broad SMARTS) is 1. The molecule has 170 valence electrons. The van der Waals surface area contributed by atoms with Crippen LogP contribution in [0.4, 0.5) is 4.39 Å². The molecule has 2 aromatic carbocycles. The molecule has 4 rings (SSSR count). The largest absolute Gasteiger partial charge is 0.506 e. The summed E-state index contributed by atoms with van der Waals surface area (Å²) in [6.45, 7) is 2.84. The van der Waals surface area contributed by atoms with E-state index in [-0.39, 0.29) is 17.1 Å². The van der Waals surface area contributed by atoms with Crippen molar-refractivity contribution in [1.29, 1.82) is 0 Å². The maximum Gasteiger partial charge on any atom is 0.338 e. The lowest BCUT2D eigenvalue weighted by Crippen LogP contribution is -2.35. The molecule has 1 aromatic heterocycles. The van der Waals surface area contributed by atoms with E-state index in [1.54, 1.807) is 17.7 Å². The third kappa shape index (κ3) is 4.32. The van der Waals surface area contributed by atoms with E-state index in [1.807, 2.05) is 0 Å². The van der Waals surface area contributed by atoms with Gasteiger partial charge in [0.15, 0.2) is 0 Å². The summed E-state index contributed by atoms with van der Waals surface area (Å²) < 4.78 is 33.8. The van der Waals surface area contributed by atoms with Crippen molar-refractivity contribution in [2.75, 3.05) is 26.3 Å². The average molecular weight is 525 g/mol. The van der Waals surface area contributed by atoms with Crippen molar-refractivity contribution in [3.8, 4) is 5.75 Å². The number of phenolic OH excluding ortho intramolecular Hbond substituents is 1. The van der Waals surface area contributed by atoms with Crippen molar-refractivity contribution in [3.63, 3.8) is 0 Å². The highest BCUT2D eigenvalue weighted by atomic mass is 79.9. The average Bonchev–Trinajstić information content (AvgIpc) is 3.04. The Hall–Kier alpha value is -2.27. The Morgan fingerprint density at radius 1 is 1.25 bits per heavy atom. The summed E-state index contributed by atoms with van der Waals surface area (Å²) in [5, 5.41) is 21.3. The van der Waals surface area contributed by atoms with Crippen molar-refractivity contribution in [2.45, 2.75) is 17.2 Å². The fourth-order valence-electron chi connectivity index (χ4n) is 4.01. The SMILES string of the molecule is Cn1c(CS(=O)c2ccc(F)cc2)c(C(=O)O)c2c(CN3CCOCC3)c(O)c(Br)cc21. The Balaban J connectivity index is 1.84. The molecule has 2 heterocycles. The summed E-state index contributed by atoms with van der Waals surface area (Å²) in [6.07, 6.45) is 0. The number of phenols is 1. The highest BCUT2D eigenvalue weighted by Gasteiger charge is 2.28. The zero-order valence-corrected chi connectivity index (χ0v) is 19.7. The van der Waals surface area contributed by atoms with Gasteiger partial charge in [-0.05, 0) is 46.3 Å². The van der Waals surface area contributed by atoms with Gasteiger partial charge < -0.3 is 19.5 Å².